The van der Waals surface area contributed by atoms with E-state index in [-0.39, 0.29) is 5.41 Å². The molecule has 3 rings (SSSR count). The van der Waals surface area contributed by atoms with Crippen LogP contribution in [0.25, 0.3) is 0 Å². The van der Waals surface area contributed by atoms with Gasteiger partial charge in [0.1, 0.15) is 0 Å². The van der Waals surface area contributed by atoms with Crippen molar-refractivity contribution < 1.29 is 4.74 Å². The fourth-order valence-corrected chi connectivity index (χ4v) is 3.58. The van der Waals surface area contributed by atoms with E-state index in [1.54, 1.807) is 0 Å². The molecule has 0 amide bonds. The van der Waals surface area contributed by atoms with Crippen LogP contribution in [0.2, 0.25) is 0 Å². The van der Waals surface area contributed by atoms with Gasteiger partial charge in [-0.2, -0.15) is 5.26 Å². The van der Waals surface area contributed by atoms with E-state index in [0.717, 1.165) is 0 Å². The maximum Gasteiger partial charge on any atom is 0.0632 e. The first-order valence-electron chi connectivity index (χ1n) is 6.05. The summed E-state index contributed by atoms with van der Waals surface area (Å²) in [6.45, 7) is 1.40. The Hall–Kier alpha value is -0.980. The Balaban J connectivity index is 1.95. The Bertz CT molecular complexity index is 474. The largest absolute Gasteiger partial charge is 0.379 e. The minimum absolute atomic E-state index is 0.0219. The first kappa shape index (κ1) is 11.1. The van der Waals surface area contributed by atoms with E-state index in [9.17, 15) is 0 Å². The van der Waals surface area contributed by atoms with Crippen LogP contribution in [0.15, 0.2) is 23.1 Å². The highest BCUT2D eigenvalue weighted by atomic mass is 32.2. The SMILES string of the molecule is N#CCC1(c2ccc3c(c2)CCCS3)COC1. The van der Waals surface area contributed by atoms with Crippen molar-refractivity contribution in [1.29, 1.82) is 5.26 Å². The first-order chi connectivity index (χ1) is 8.34. The van der Waals surface area contributed by atoms with Gasteiger partial charge in [-0.1, -0.05) is 12.1 Å². The van der Waals surface area contributed by atoms with Crippen molar-refractivity contribution >= 4 is 11.8 Å². The van der Waals surface area contributed by atoms with Crippen LogP contribution in [-0.4, -0.2) is 19.0 Å². The molecule has 17 heavy (non-hydrogen) atoms. The van der Waals surface area contributed by atoms with E-state index in [2.05, 4.69) is 24.3 Å². The van der Waals surface area contributed by atoms with Gasteiger partial charge in [0.25, 0.3) is 0 Å². The van der Waals surface area contributed by atoms with E-state index in [1.807, 2.05) is 11.8 Å². The highest BCUT2D eigenvalue weighted by Crippen LogP contribution is 2.39. The lowest BCUT2D eigenvalue weighted by Crippen LogP contribution is -2.46. The smallest absolute Gasteiger partial charge is 0.0632 e. The Labute approximate surface area is 106 Å². The third-order valence-electron chi connectivity index (χ3n) is 3.70. The topological polar surface area (TPSA) is 33.0 Å². The molecule has 2 heterocycles. The molecule has 1 aromatic rings. The number of hydrogen-bond acceptors (Lipinski definition) is 3. The van der Waals surface area contributed by atoms with Crippen LogP contribution < -0.4 is 0 Å². The molecular formula is C14H15NOS. The van der Waals surface area contributed by atoms with E-state index >= 15 is 0 Å². The van der Waals surface area contributed by atoms with Crippen LogP contribution in [0, 0.1) is 11.3 Å². The lowest BCUT2D eigenvalue weighted by molar-refractivity contribution is -0.0577. The van der Waals surface area contributed by atoms with Crippen molar-refractivity contribution in [2.75, 3.05) is 19.0 Å². The van der Waals surface area contributed by atoms with Crippen molar-refractivity contribution in [2.45, 2.75) is 29.6 Å². The van der Waals surface area contributed by atoms with Gasteiger partial charge in [0.15, 0.2) is 0 Å². The summed E-state index contributed by atoms with van der Waals surface area (Å²) < 4.78 is 5.33. The number of aryl methyl sites for hydroxylation is 1. The molecule has 0 atom stereocenters. The summed E-state index contributed by atoms with van der Waals surface area (Å²) in [5.74, 6) is 1.23. The van der Waals surface area contributed by atoms with Gasteiger partial charge in [0.2, 0.25) is 0 Å². The molecule has 0 N–H and O–H groups in total. The molecule has 0 spiro atoms. The molecule has 1 aromatic carbocycles. The number of thioether (sulfide) groups is 1. The van der Waals surface area contributed by atoms with Crippen molar-refractivity contribution in [3.63, 3.8) is 0 Å². The summed E-state index contributed by atoms with van der Waals surface area (Å²) >= 11 is 1.95. The second-order valence-electron chi connectivity index (χ2n) is 4.88. The second kappa shape index (κ2) is 4.36. The van der Waals surface area contributed by atoms with Gasteiger partial charge < -0.3 is 4.74 Å². The monoisotopic (exact) mass is 245 g/mol. The normalized spacial score (nSPS) is 21.1. The number of hydrogen-bond donors (Lipinski definition) is 0. The molecule has 3 heteroatoms. The molecule has 0 aliphatic carbocycles. The van der Waals surface area contributed by atoms with Gasteiger partial charge in [-0.15, -0.1) is 11.8 Å². The van der Waals surface area contributed by atoms with Crippen molar-refractivity contribution in [1.82, 2.24) is 0 Å². The molecule has 1 saturated heterocycles. The zero-order chi connectivity index (χ0) is 11.7. The summed E-state index contributed by atoms with van der Waals surface area (Å²) in [6, 6.07) is 9.03. The summed E-state index contributed by atoms with van der Waals surface area (Å²) in [5.41, 5.74) is 2.74. The number of ether oxygens (including phenoxy) is 1. The maximum atomic E-state index is 8.96. The minimum Gasteiger partial charge on any atom is -0.379 e. The molecule has 2 aliphatic rings. The van der Waals surface area contributed by atoms with Crippen LogP contribution >= 0.6 is 11.8 Å². The predicted molar refractivity (Wildman–Crippen MR) is 68.2 cm³/mol. The zero-order valence-electron chi connectivity index (χ0n) is 9.74. The quantitative estimate of drug-likeness (QED) is 0.803. The van der Waals surface area contributed by atoms with E-state index in [1.165, 1.54) is 34.6 Å². The molecule has 0 unspecified atom stereocenters. The van der Waals surface area contributed by atoms with Gasteiger partial charge in [-0.05, 0) is 35.8 Å². The number of fused-ring (bicyclic) bond motifs is 1. The molecule has 0 radical (unpaired) electrons. The molecule has 1 fully saturated rings. The number of nitriles is 1. The third kappa shape index (κ3) is 1.86. The van der Waals surface area contributed by atoms with Crippen molar-refractivity contribution in [3.05, 3.63) is 29.3 Å². The summed E-state index contributed by atoms with van der Waals surface area (Å²) in [7, 11) is 0. The number of nitrogens with zero attached hydrogens (tertiary/aromatic N) is 1. The maximum absolute atomic E-state index is 8.96. The molecule has 2 nitrogen and oxygen atoms in total. The summed E-state index contributed by atoms with van der Waals surface area (Å²) in [6.07, 6.45) is 3.02. The molecule has 0 aromatic heterocycles. The minimum atomic E-state index is -0.0219. The fourth-order valence-electron chi connectivity index (χ4n) is 2.56. The molecule has 0 bridgehead atoms. The molecular weight excluding hydrogens is 230 g/mol. The zero-order valence-corrected chi connectivity index (χ0v) is 10.6. The molecule has 2 aliphatic heterocycles. The standard InChI is InChI=1S/C14H15NOS/c15-6-5-14(9-16-10-14)12-3-4-13-11(8-12)2-1-7-17-13/h3-4,8H,1-2,5,7,9-10H2. The van der Waals surface area contributed by atoms with Gasteiger partial charge in [-0.3, -0.25) is 0 Å². The molecule has 0 saturated carbocycles. The molecule has 88 valence electrons. The highest BCUT2D eigenvalue weighted by Gasteiger charge is 2.40. The number of rotatable bonds is 2. The fraction of sp³-hybridized carbons (Fsp3) is 0.500. The highest BCUT2D eigenvalue weighted by molar-refractivity contribution is 7.99. The Morgan fingerprint density at radius 3 is 3.00 bits per heavy atom. The Morgan fingerprint density at radius 2 is 2.29 bits per heavy atom. The average Bonchev–Trinajstić information content (AvgIpc) is 2.33. The summed E-state index contributed by atoms with van der Waals surface area (Å²) in [5, 5.41) is 8.96. The third-order valence-corrected chi connectivity index (χ3v) is 4.90. The number of benzene rings is 1. The van der Waals surface area contributed by atoms with Crippen molar-refractivity contribution in [3.8, 4) is 6.07 Å². The average molecular weight is 245 g/mol. The lowest BCUT2D eigenvalue weighted by Gasteiger charge is -2.40. The van der Waals surface area contributed by atoms with E-state index in [0.29, 0.717) is 19.6 Å². The van der Waals surface area contributed by atoms with Crippen LogP contribution in [0.5, 0.6) is 0 Å². The van der Waals surface area contributed by atoms with Gasteiger partial charge in [0, 0.05) is 11.3 Å². The van der Waals surface area contributed by atoms with Crippen LogP contribution in [0.1, 0.15) is 24.0 Å². The van der Waals surface area contributed by atoms with Crippen molar-refractivity contribution in [2.24, 2.45) is 0 Å². The van der Waals surface area contributed by atoms with Gasteiger partial charge in [0.05, 0.1) is 24.7 Å². The van der Waals surface area contributed by atoms with E-state index < -0.39 is 0 Å². The second-order valence-corrected chi connectivity index (χ2v) is 6.02. The van der Waals surface area contributed by atoms with Crippen LogP contribution in [0.3, 0.4) is 0 Å². The van der Waals surface area contributed by atoms with Gasteiger partial charge in [-0.25, -0.2) is 0 Å². The summed E-state index contributed by atoms with van der Waals surface area (Å²) in [4.78, 5) is 1.42. The Kier molecular flexibility index (Phi) is 2.85. The van der Waals surface area contributed by atoms with Crippen LogP contribution in [0.4, 0.5) is 0 Å². The van der Waals surface area contributed by atoms with Gasteiger partial charge >= 0.3 is 0 Å². The van der Waals surface area contributed by atoms with E-state index in [4.69, 9.17) is 10.00 Å². The Morgan fingerprint density at radius 1 is 1.41 bits per heavy atom. The first-order valence-corrected chi connectivity index (χ1v) is 7.04. The lowest BCUT2D eigenvalue weighted by atomic mass is 9.75. The predicted octanol–water partition coefficient (Wildman–Crippen LogP) is 2.91. The van der Waals surface area contributed by atoms with Crippen LogP contribution in [-0.2, 0) is 16.6 Å².